The molecular weight excluding hydrogens is 310 g/mol. The molecule has 1 aliphatic rings. The van der Waals surface area contributed by atoms with Gasteiger partial charge in [0.2, 0.25) is 0 Å². The molecule has 22 heavy (non-hydrogen) atoms. The molecule has 1 saturated heterocycles. The van der Waals surface area contributed by atoms with Crippen LogP contribution in [0.4, 0.5) is 5.69 Å². The van der Waals surface area contributed by atoms with Crippen molar-refractivity contribution < 1.29 is 14.5 Å². The molecule has 8 heteroatoms. The maximum atomic E-state index is 12.2. The van der Waals surface area contributed by atoms with E-state index in [1.807, 2.05) is 0 Å². The Bertz CT molecular complexity index is 533. The van der Waals surface area contributed by atoms with E-state index in [1.54, 1.807) is 0 Å². The lowest BCUT2D eigenvalue weighted by Crippen LogP contribution is -2.38. The number of amides is 1. The highest BCUT2D eigenvalue weighted by Gasteiger charge is 2.22. The van der Waals surface area contributed by atoms with Crippen LogP contribution in [0, 0.1) is 16.0 Å². The first-order valence-electron chi connectivity index (χ1n) is 6.93. The second-order valence-electron chi connectivity index (χ2n) is 5.06. The maximum absolute atomic E-state index is 12.2. The van der Waals surface area contributed by atoms with Gasteiger partial charge >= 0.3 is 0 Å². The average molecular weight is 330 g/mol. The lowest BCUT2D eigenvalue weighted by atomic mass is 9.99. The zero-order valence-electron chi connectivity index (χ0n) is 12.3. The van der Waals surface area contributed by atoms with E-state index in [9.17, 15) is 14.9 Å². The standard InChI is InChI=1S/C14H19N3O4.ClH/c1-21-11-4-5-13(17(19)20)12(7-11)14(18)16-9-10-3-2-6-15-8-10;/h4-5,7,10,15H,2-3,6,8-9H2,1H3,(H,16,18);1H. The van der Waals surface area contributed by atoms with Crippen LogP contribution < -0.4 is 15.4 Å². The number of piperidine rings is 1. The number of hydrogen-bond donors (Lipinski definition) is 2. The molecule has 2 N–H and O–H groups in total. The topological polar surface area (TPSA) is 93.5 Å². The van der Waals surface area contributed by atoms with Gasteiger partial charge in [-0.15, -0.1) is 12.4 Å². The summed E-state index contributed by atoms with van der Waals surface area (Å²) in [6.07, 6.45) is 2.13. The molecule has 0 saturated carbocycles. The first kappa shape index (κ1) is 18.2. The summed E-state index contributed by atoms with van der Waals surface area (Å²) in [7, 11) is 1.45. The zero-order chi connectivity index (χ0) is 15.2. The van der Waals surface area contributed by atoms with Gasteiger partial charge < -0.3 is 15.4 Å². The van der Waals surface area contributed by atoms with Crippen LogP contribution in [0.15, 0.2) is 18.2 Å². The van der Waals surface area contributed by atoms with Gasteiger partial charge in [0.1, 0.15) is 11.3 Å². The number of ether oxygens (including phenoxy) is 1. The number of carbonyl (C=O) groups excluding carboxylic acids is 1. The molecule has 1 unspecified atom stereocenters. The van der Waals surface area contributed by atoms with E-state index < -0.39 is 10.8 Å². The molecule has 1 amide bonds. The fourth-order valence-corrected chi connectivity index (χ4v) is 2.41. The minimum absolute atomic E-state index is 0. The predicted molar refractivity (Wildman–Crippen MR) is 84.8 cm³/mol. The molecule has 0 spiro atoms. The van der Waals surface area contributed by atoms with E-state index in [0.717, 1.165) is 25.9 Å². The van der Waals surface area contributed by atoms with Gasteiger partial charge in [-0.05, 0) is 44.0 Å². The Hall–Kier alpha value is -1.86. The van der Waals surface area contributed by atoms with Gasteiger partial charge in [-0.1, -0.05) is 0 Å². The fourth-order valence-electron chi connectivity index (χ4n) is 2.41. The third kappa shape index (κ3) is 4.57. The number of nitro groups is 1. The van der Waals surface area contributed by atoms with E-state index >= 15 is 0 Å². The van der Waals surface area contributed by atoms with Crippen LogP contribution in [-0.2, 0) is 0 Å². The van der Waals surface area contributed by atoms with Gasteiger partial charge in [-0.25, -0.2) is 0 Å². The van der Waals surface area contributed by atoms with Gasteiger partial charge in [0.05, 0.1) is 12.0 Å². The van der Waals surface area contributed by atoms with Crippen LogP contribution in [0.3, 0.4) is 0 Å². The van der Waals surface area contributed by atoms with Gasteiger partial charge in [-0.2, -0.15) is 0 Å². The molecule has 1 atom stereocenters. The van der Waals surface area contributed by atoms with E-state index in [-0.39, 0.29) is 23.7 Å². The van der Waals surface area contributed by atoms with Crippen molar-refractivity contribution in [2.45, 2.75) is 12.8 Å². The number of halogens is 1. The van der Waals surface area contributed by atoms with Crippen LogP contribution in [-0.4, -0.2) is 37.6 Å². The summed E-state index contributed by atoms with van der Waals surface area (Å²) in [6.45, 7) is 2.38. The number of nitro benzene ring substituents is 1. The molecule has 2 rings (SSSR count). The number of benzene rings is 1. The quantitative estimate of drug-likeness (QED) is 0.634. The number of nitrogens with zero attached hydrogens (tertiary/aromatic N) is 1. The molecule has 0 bridgehead atoms. The third-order valence-corrected chi connectivity index (χ3v) is 3.60. The first-order valence-corrected chi connectivity index (χ1v) is 6.93. The van der Waals surface area contributed by atoms with Crippen LogP contribution in [0.1, 0.15) is 23.2 Å². The van der Waals surface area contributed by atoms with Crippen molar-refractivity contribution in [1.29, 1.82) is 0 Å². The summed E-state index contributed by atoms with van der Waals surface area (Å²) < 4.78 is 5.02. The summed E-state index contributed by atoms with van der Waals surface area (Å²) in [5.74, 6) is 0.351. The maximum Gasteiger partial charge on any atom is 0.282 e. The second-order valence-corrected chi connectivity index (χ2v) is 5.06. The normalized spacial score (nSPS) is 17.2. The molecular formula is C14H20ClN3O4. The second kappa shape index (κ2) is 8.55. The molecule has 0 aliphatic carbocycles. The van der Waals surface area contributed by atoms with Crippen LogP contribution in [0.2, 0.25) is 0 Å². The summed E-state index contributed by atoms with van der Waals surface area (Å²) in [5, 5.41) is 17.0. The fraction of sp³-hybridized carbons (Fsp3) is 0.500. The summed E-state index contributed by atoms with van der Waals surface area (Å²) in [5.41, 5.74) is -0.182. The molecule has 0 radical (unpaired) electrons. The smallest absolute Gasteiger partial charge is 0.282 e. The minimum Gasteiger partial charge on any atom is -0.497 e. The summed E-state index contributed by atoms with van der Waals surface area (Å²) >= 11 is 0. The van der Waals surface area contributed by atoms with Crippen molar-refractivity contribution >= 4 is 24.0 Å². The zero-order valence-corrected chi connectivity index (χ0v) is 13.1. The summed E-state index contributed by atoms with van der Waals surface area (Å²) in [6, 6.07) is 4.16. The monoisotopic (exact) mass is 329 g/mol. The predicted octanol–water partition coefficient (Wildman–Crippen LogP) is 1.75. The third-order valence-electron chi connectivity index (χ3n) is 3.60. The molecule has 1 aromatic carbocycles. The van der Waals surface area contributed by atoms with Crippen LogP contribution in [0.25, 0.3) is 0 Å². The van der Waals surface area contributed by atoms with Gasteiger partial charge in [-0.3, -0.25) is 14.9 Å². The van der Waals surface area contributed by atoms with Crippen molar-refractivity contribution in [2.24, 2.45) is 5.92 Å². The number of rotatable bonds is 5. The minimum atomic E-state index is -0.559. The number of carbonyl (C=O) groups is 1. The van der Waals surface area contributed by atoms with E-state index in [1.165, 1.54) is 25.3 Å². The molecule has 7 nitrogen and oxygen atoms in total. The van der Waals surface area contributed by atoms with Gasteiger partial charge in [0.25, 0.3) is 11.6 Å². The number of methoxy groups -OCH3 is 1. The molecule has 1 fully saturated rings. The van der Waals surface area contributed by atoms with Crippen molar-refractivity contribution in [2.75, 3.05) is 26.7 Å². The lowest BCUT2D eigenvalue weighted by molar-refractivity contribution is -0.385. The van der Waals surface area contributed by atoms with E-state index in [0.29, 0.717) is 18.2 Å². The molecule has 0 aromatic heterocycles. The largest absolute Gasteiger partial charge is 0.497 e. The highest BCUT2D eigenvalue weighted by atomic mass is 35.5. The Kier molecular flexibility index (Phi) is 7.07. The SMILES string of the molecule is COc1ccc([N+](=O)[O-])c(C(=O)NCC2CCCNC2)c1.Cl. The Morgan fingerprint density at radius 2 is 2.32 bits per heavy atom. The Morgan fingerprint density at radius 3 is 2.91 bits per heavy atom. The van der Waals surface area contributed by atoms with E-state index in [4.69, 9.17) is 4.74 Å². The molecule has 1 aliphatic heterocycles. The highest BCUT2D eigenvalue weighted by Crippen LogP contribution is 2.24. The Morgan fingerprint density at radius 1 is 1.55 bits per heavy atom. The van der Waals surface area contributed by atoms with Crippen LogP contribution >= 0.6 is 12.4 Å². The molecule has 122 valence electrons. The number of nitrogens with one attached hydrogen (secondary N) is 2. The first-order chi connectivity index (χ1) is 10.1. The van der Waals surface area contributed by atoms with Crippen molar-refractivity contribution in [1.82, 2.24) is 10.6 Å². The van der Waals surface area contributed by atoms with Gasteiger partial charge in [0.15, 0.2) is 0 Å². The van der Waals surface area contributed by atoms with Gasteiger partial charge in [0, 0.05) is 12.6 Å². The number of hydrogen-bond acceptors (Lipinski definition) is 5. The van der Waals surface area contributed by atoms with E-state index in [2.05, 4.69) is 10.6 Å². The van der Waals surface area contributed by atoms with Crippen molar-refractivity contribution in [3.63, 3.8) is 0 Å². The van der Waals surface area contributed by atoms with Crippen LogP contribution in [0.5, 0.6) is 5.75 Å². The molecule has 1 heterocycles. The Labute approximate surface area is 135 Å². The highest BCUT2D eigenvalue weighted by molar-refractivity contribution is 5.98. The van der Waals surface area contributed by atoms with Crippen molar-refractivity contribution in [3.8, 4) is 5.75 Å². The lowest BCUT2D eigenvalue weighted by Gasteiger charge is -2.22. The Balaban J connectivity index is 0.00000242. The van der Waals surface area contributed by atoms with Crippen molar-refractivity contribution in [3.05, 3.63) is 33.9 Å². The molecule has 1 aromatic rings. The summed E-state index contributed by atoms with van der Waals surface area (Å²) in [4.78, 5) is 22.6. The average Bonchev–Trinajstić information content (AvgIpc) is 2.52.